The van der Waals surface area contributed by atoms with E-state index >= 15 is 0 Å². The number of nitrogen functional groups attached to an aromatic ring is 1. The summed E-state index contributed by atoms with van der Waals surface area (Å²) in [6.07, 6.45) is 1.68. The van der Waals surface area contributed by atoms with Crippen LogP contribution >= 0.6 is 0 Å². The molecule has 1 aromatic carbocycles. The molecule has 0 aliphatic rings. The summed E-state index contributed by atoms with van der Waals surface area (Å²) in [6, 6.07) is 2.80. The zero-order valence-electron chi connectivity index (χ0n) is 11.4. The standard InChI is InChI=1S/C12H20N2O4S/c1-4-5-6-14-19(15,16)12-7-9(13)10(17-2)8-11(12)18-3/h7-8,14H,4-6,13H2,1-3H3. The molecule has 0 aliphatic carbocycles. The first-order valence-corrected chi connectivity index (χ1v) is 7.45. The second kappa shape index (κ2) is 6.63. The fraction of sp³-hybridized carbons (Fsp3) is 0.500. The Morgan fingerprint density at radius 2 is 1.84 bits per heavy atom. The Hall–Kier alpha value is -1.47. The van der Waals surface area contributed by atoms with E-state index in [4.69, 9.17) is 15.2 Å². The maximum Gasteiger partial charge on any atom is 0.244 e. The van der Waals surface area contributed by atoms with Gasteiger partial charge in [0.05, 0.1) is 19.9 Å². The number of hydrogen-bond acceptors (Lipinski definition) is 5. The average Bonchev–Trinajstić information content (AvgIpc) is 2.38. The van der Waals surface area contributed by atoms with Gasteiger partial charge in [0.15, 0.2) is 0 Å². The third-order valence-electron chi connectivity index (χ3n) is 2.63. The molecule has 3 N–H and O–H groups in total. The number of sulfonamides is 1. The molecule has 0 aliphatic heterocycles. The number of unbranched alkanes of at least 4 members (excludes halogenated alkanes) is 1. The van der Waals surface area contributed by atoms with E-state index < -0.39 is 10.0 Å². The smallest absolute Gasteiger partial charge is 0.244 e. The fourth-order valence-corrected chi connectivity index (χ4v) is 2.82. The van der Waals surface area contributed by atoms with Crippen molar-refractivity contribution in [3.8, 4) is 11.5 Å². The Labute approximate surface area is 113 Å². The van der Waals surface area contributed by atoms with Gasteiger partial charge in [0, 0.05) is 12.6 Å². The summed E-state index contributed by atoms with van der Waals surface area (Å²) in [4.78, 5) is 0.0180. The third-order valence-corrected chi connectivity index (χ3v) is 4.11. The fourth-order valence-electron chi connectivity index (χ4n) is 1.56. The molecular formula is C12H20N2O4S. The van der Waals surface area contributed by atoms with Crippen molar-refractivity contribution in [3.63, 3.8) is 0 Å². The molecule has 19 heavy (non-hydrogen) atoms. The molecule has 1 aromatic rings. The van der Waals surface area contributed by atoms with Crippen molar-refractivity contribution >= 4 is 15.7 Å². The van der Waals surface area contributed by atoms with Crippen LogP contribution in [0.5, 0.6) is 11.5 Å². The van der Waals surface area contributed by atoms with Crippen LogP contribution in [0.1, 0.15) is 19.8 Å². The molecule has 6 nitrogen and oxygen atoms in total. The SMILES string of the molecule is CCCCNS(=O)(=O)c1cc(N)c(OC)cc1OC. The number of nitrogens with one attached hydrogen (secondary N) is 1. The van der Waals surface area contributed by atoms with Gasteiger partial charge in [-0.15, -0.1) is 0 Å². The van der Waals surface area contributed by atoms with Crippen LogP contribution in [-0.4, -0.2) is 29.2 Å². The number of hydrogen-bond donors (Lipinski definition) is 2. The Kier molecular flexibility index (Phi) is 5.44. The molecule has 0 saturated heterocycles. The van der Waals surface area contributed by atoms with Crippen molar-refractivity contribution in [2.75, 3.05) is 26.5 Å². The lowest BCUT2D eigenvalue weighted by atomic mass is 10.3. The quantitative estimate of drug-likeness (QED) is 0.584. The molecule has 0 saturated carbocycles. The molecule has 7 heteroatoms. The van der Waals surface area contributed by atoms with Gasteiger partial charge >= 0.3 is 0 Å². The molecule has 0 radical (unpaired) electrons. The van der Waals surface area contributed by atoms with E-state index in [9.17, 15) is 8.42 Å². The average molecular weight is 288 g/mol. The van der Waals surface area contributed by atoms with Crippen LogP contribution in [-0.2, 0) is 10.0 Å². The summed E-state index contributed by atoms with van der Waals surface area (Å²) in [5.41, 5.74) is 5.98. The van der Waals surface area contributed by atoms with Crippen molar-refractivity contribution in [1.82, 2.24) is 4.72 Å². The molecular weight excluding hydrogens is 268 g/mol. The second-order valence-electron chi connectivity index (χ2n) is 4.00. The molecule has 0 fully saturated rings. The predicted molar refractivity (Wildman–Crippen MR) is 74.1 cm³/mol. The van der Waals surface area contributed by atoms with Crippen molar-refractivity contribution in [3.05, 3.63) is 12.1 Å². The minimum atomic E-state index is -3.63. The highest BCUT2D eigenvalue weighted by Gasteiger charge is 2.21. The van der Waals surface area contributed by atoms with E-state index in [1.165, 1.54) is 26.4 Å². The Morgan fingerprint density at radius 1 is 1.21 bits per heavy atom. The molecule has 1 rings (SSSR count). The lowest BCUT2D eigenvalue weighted by molar-refractivity contribution is 0.387. The topological polar surface area (TPSA) is 90.7 Å². The number of ether oxygens (including phenoxy) is 2. The van der Waals surface area contributed by atoms with Crippen LogP contribution in [0.2, 0.25) is 0 Å². The summed E-state index contributed by atoms with van der Waals surface area (Å²) >= 11 is 0. The van der Waals surface area contributed by atoms with E-state index in [2.05, 4.69) is 4.72 Å². The van der Waals surface area contributed by atoms with Crippen LogP contribution in [0.15, 0.2) is 17.0 Å². The van der Waals surface area contributed by atoms with Gasteiger partial charge in [0.25, 0.3) is 0 Å². The van der Waals surface area contributed by atoms with Crippen molar-refractivity contribution in [2.24, 2.45) is 0 Å². The number of nitrogens with two attached hydrogens (primary N) is 1. The van der Waals surface area contributed by atoms with E-state index in [0.29, 0.717) is 12.3 Å². The van der Waals surface area contributed by atoms with Gasteiger partial charge in [-0.05, 0) is 12.5 Å². The molecule has 0 spiro atoms. The first-order chi connectivity index (χ1) is 8.96. The zero-order valence-corrected chi connectivity index (χ0v) is 12.2. The maximum absolute atomic E-state index is 12.2. The molecule has 0 bridgehead atoms. The van der Waals surface area contributed by atoms with Gasteiger partial charge in [-0.3, -0.25) is 0 Å². The summed E-state index contributed by atoms with van der Waals surface area (Å²) in [5.74, 6) is 0.583. The monoisotopic (exact) mass is 288 g/mol. The highest BCUT2D eigenvalue weighted by atomic mass is 32.2. The number of benzene rings is 1. The molecule has 0 atom stereocenters. The molecule has 0 heterocycles. The van der Waals surface area contributed by atoms with Gasteiger partial charge in [-0.2, -0.15) is 0 Å². The molecule has 0 aromatic heterocycles. The lowest BCUT2D eigenvalue weighted by Crippen LogP contribution is -2.25. The molecule has 108 valence electrons. The normalized spacial score (nSPS) is 11.3. The Bertz CT molecular complexity index is 529. The second-order valence-corrected chi connectivity index (χ2v) is 5.73. The van der Waals surface area contributed by atoms with Crippen LogP contribution < -0.4 is 19.9 Å². The first-order valence-electron chi connectivity index (χ1n) is 5.97. The summed E-state index contributed by atoms with van der Waals surface area (Å²) < 4.78 is 36.9. The Morgan fingerprint density at radius 3 is 2.37 bits per heavy atom. The first kappa shape index (κ1) is 15.6. The van der Waals surface area contributed by atoms with Crippen molar-refractivity contribution in [2.45, 2.75) is 24.7 Å². The highest BCUT2D eigenvalue weighted by Crippen LogP contribution is 2.33. The Balaban J connectivity index is 3.14. The minimum absolute atomic E-state index is 0.0180. The van der Waals surface area contributed by atoms with Crippen LogP contribution in [0.3, 0.4) is 0 Å². The lowest BCUT2D eigenvalue weighted by Gasteiger charge is -2.13. The van der Waals surface area contributed by atoms with Gasteiger partial charge in [0.1, 0.15) is 16.4 Å². The summed E-state index contributed by atoms with van der Waals surface area (Å²) in [5, 5.41) is 0. The van der Waals surface area contributed by atoms with Gasteiger partial charge in [-0.1, -0.05) is 13.3 Å². The van der Waals surface area contributed by atoms with E-state index in [-0.39, 0.29) is 16.3 Å². The van der Waals surface area contributed by atoms with E-state index in [1.54, 1.807) is 0 Å². The zero-order chi connectivity index (χ0) is 14.5. The van der Waals surface area contributed by atoms with Crippen LogP contribution in [0.25, 0.3) is 0 Å². The van der Waals surface area contributed by atoms with Crippen LogP contribution in [0, 0.1) is 0 Å². The third kappa shape index (κ3) is 3.74. The maximum atomic E-state index is 12.2. The number of anilines is 1. The predicted octanol–water partition coefficient (Wildman–Crippen LogP) is 1.36. The molecule has 0 amide bonds. The van der Waals surface area contributed by atoms with Gasteiger partial charge in [-0.25, -0.2) is 13.1 Å². The highest BCUT2D eigenvalue weighted by molar-refractivity contribution is 7.89. The summed E-state index contributed by atoms with van der Waals surface area (Å²) in [6.45, 7) is 2.37. The van der Waals surface area contributed by atoms with Crippen molar-refractivity contribution < 1.29 is 17.9 Å². The van der Waals surface area contributed by atoms with E-state index in [1.807, 2.05) is 6.92 Å². The van der Waals surface area contributed by atoms with Crippen molar-refractivity contribution in [1.29, 1.82) is 0 Å². The molecule has 0 unspecified atom stereocenters. The number of methoxy groups -OCH3 is 2. The minimum Gasteiger partial charge on any atom is -0.495 e. The summed E-state index contributed by atoms with van der Waals surface area (Å²) in [7, 11) is -0.777. The van der Waals surface area contributed by atoms with Gasteiger partial charge < -0.3 is 15.2 Å². The van der Waals surface area contributed by atoms with Gasteiger partial charge in [0.2, 0.25) is 10.0 Å². The number of rotatable bonds is 7. The van der Waals surface area contributed by atoms with E-state index in [0.717, 1.165) is 12.8 Å². The largest absolute Gasteiger partial charge is 0.495 e. The van der Waals surface area contributed by atoms with Crippen LogP contribution in [0.4, 0.5) is 5.69 Å².